The highest BCUT2D eigenvalue weighted by molar-refractivity contribution is 5.67. The quantitative estimate of drug-likeness (QED) is 0.876. The van der Waals surface area contributed by atoms with Gasteiger partial charge < -0.3 is 15.8 Å². The van der Waals surface area contributed by atoms with Gasteiger partial charge in [-0.25, -0.2) is 4.79 Å². The molecule has 1 unspecified atom stereocenters. The van der Waals surface area contributed by atoms with Gasteiger partial charge >= 0.3 is 6.09 Å². The lowest BCUT2D eigenvalue weighted by atomic mass is 9.95. The molecule has 0 aliphatic heterocycles. The first-order chi connectivity index (χ1) is 10.1. The summed E-state index contributed by atoms with van der Waals surface area (Å²) in [6.07, 6.45) is 1.35. The van der Waals surface area contributed by atoms with Crippen LogP contribution in [0.5, 0.6) is 0 Å². The number of nitrogens with two attached hydrogens (primary N) is 1. The van der Waals surface area contributed by atoms with E-state index in [0.717, 1.165) is 12.8 Å². The molecule has 0 fully saturated rings. The van der Waals surface area contributed by atoms with Crippen LogP contribution in [0.4, 0.5) is 4.79 Å². The molecule has 124 valence electrons. The van der Waals surface area contributed by atoms with Crippen LogP contribution in [0.2, 0.25) is 0 Å². The predicted octanol–water partition coefficient (Wildman–Crippen LogP) is 3.40. The van der Waals surface area contributed by atoms with Crippen LogP contribution in [0.25, 0.3) is 0 Å². The van der Waals surface area contributed by atoms with Crippen LogP contribution in [0, 0.1) is 20.8 Å². The number of alkyl carbamates (subject to hydrolysis) is 1. The van der Waals surface area contributed by atoms with Crippen LogP contribution in [-0.2, 0) is 11.2 Å². The topological polar surface area (TPSA) is 64.3 Å². The fraction of sp³-hybridized carbons (Fsp3) is 0.611. The Kier molecular flexibility index (Phi) is 6.42. The Morgan fingerprint density at radius 2 is 1.77 bits per heavy atom. The molecule has 1 aromatic rings. The van der Waals surface area contributed by atoms with Crippen molar-refractivity contribution in [2.75, 3.05) is 6.54 Å². The van der Waals surface area contributed by atoms with E-state index in [0.29, 0.717) is 6.54 Å². The third kappa shape index (κ3) is 6.48. The second-order valence-corrected chi connectivity index (χ2v) is 7.06. The number of benzene rings is 1. The summed E-state index contributed by atoms with van der Waals surface area (Å²) in [5.74, 6) is 0. The number of carbonyl (C=O) groups is 1. The number of hydrogen-bond donors (Lipinski definition) is 2. The molecule has 0 bridgehead atoms. The van der Waals surface area contributed by atoms with E-state index in [1.165, 1.54) is 22.3 Å². The van der Waals surface area contributed by atoms with Gasteiger partial charge in [0.1, 0.15) is 5.60 Å². The van der Waals surface area contributed by atoms with Crippen LogP contribution in [0.1, 0.15) is 49.4 Å². The minimum absolute atomic E-state index is 0.0763. The van der Waals surface area contributed by atoms with Gasteiger partial charge in [0, 0.05) is 12.6 Å². The van der Waals surface area contributed by atoms with E-state index in [2.05, 4.69) is 38.2 Å². The minimum Gasteiger partial charge on any atom is -0.444 e. The summed E-state index contributed by atoms with van der Waals surface area (Å²) in [5, 5.41) is 2.73. The summed E-state index contributed by atoms with van der Waals surface area (Å²) in [6, 6.07) is 4.33. The first-order valence-corrected chi connectivity index (χ1v) is 7.87. The maximum atomic E-state index is 11.6. The number of rotatable bonds is 5. The average Bonchev–Trinajstić information content (AvgIpc) is 2.32. The smallest absolute Gasteiger partial charge is 0.407 e. The fourth-order valence-corrected chi connectivity index (χ4v) is 2.56. The molecule has 0 aliphatic carbocycles. The van der Waals surface area contributed by atoms with Crippen LogP contribution in [0.3, 0.4) is 0 Å². The summed E-state index contributed by atoms with van der Waals surface area (Å²) < 4.78 is 5.20. The molecule has 1 atom stereocenters. The van der Waals surface area contributed by atoms with Gasteiger partial charge in [0.05, 0.1) is 0 Å². The Bertz CT molecular complexity index is 495. The summed E-state index contributed by atoms with van der Waals surface area (Å²) in [4.78, 5) is 11.6. The van der Waals surface area contributed by atoms with Gasteiger partial charge in [-0.3, -0.25) is 0 Å². The largest absolute Gasteiger partial charge is 0.444 e. The van der Waals surface area contributed by atoms with Crippen molar-refractivity contribution in [1.82, 2.24) is 5.32 Å². The number of amides is 1. The van der Waals surface area contributed by atoms with E-state index in [1.54, 1.807) is 0 Å². The number of nitrogens with one attached hydrogen (secondary N) is 1. The van der Waals surface area contributed by atoms with E-state index in [1.807, 2.05) is 20.8 Å². The normalized spacial score (nSPS) is 12.9. The lowest BCUT2D eigenvalue weighted by Crippen LogP contribution is -2.40. The number of aryl methyl sites for hydroxylation is 3. The van der Waals surface area contributed by atoms with Crippen LogP contribution in [0.15, 0.2) is 12.1 Å². The standard InChI is InChI=1S/C18H30N2O2/c1-12-9-13(2)16(14(3)10-12)8-7-15(19)11-20-17(21)22-18(4,5)6/h9-10,15H,7-8,11,19H2,1-6H3,(H,20,21). The van der Waals surface area contributed by atoms with Gasteiger partial charge in [0.2, 0.25) is 0 Å². The van der Waals surface area contributed by atoms with Gasteiger partial charge in [-0.1, -0.05) is 17.7 Å². The third-order valence-electron chi connectivity index (χ3n) is 3.51. The van der Waals surface area contributed by atoms with E-state index in [-0.39, 0.29) is 6.04 Å². The van der Waals surface area contributed by atoms with E-state index >= 15 is 0 Å². The molecule has 4 heteroatoms. The van der Waals surface area contributed by atoms with Crippen LogP contribution in [-0.4, -0.2) is 24.3 Å². The zero-order valence-corrected chi connectivity index (χ0v) is 14.7. The van der Waals surface area contributed by atoms with Gasteiger partial charge in [-0.05, 0) is 71.1 Å². The molecule has 0 aliphatic rings. The number of ether oxygens (including phenoxy) is 1. The van der Waals surface area contributed by atoms with Crippen molar-refractivity contribution >= 4 is 6.09 Å². The minimum atomic E-state index is -0.482. The van der Waals surface area contributed by atoms with Crippen LogP contribution >= 0.6 is 0 Å². The summed E-state index contributed by atoms with van der Waals surface area (Å²) in [6.45, 7) is 12.3. The SMILES string of the molecule is Cc1cc(C)c(CCC(N)CNC(=O)OC(C)(C)C)c(C)c1. The molecule has 0 spiro atoms. The summed E-state index contributed by atoms with van der Waals surface area (Å²) in [7, 11) is 0. The molecular formula is C18H30N2O2. The number of hydrogen-bond acceptors (Lipinski definition) is 3. The molecule has 22 heavy (non-hydrogen) atoms. The maximum Gasteiger partial charge on any atom is 0.407 e. The highest BCUT2D eigenvalue weighted by Crippen LogP contribution is 2.18. The van der Waals surface area contributed by atoms with Crippen molar-refractivity contribution < 1.29 is 9.53 Å². The first-order valence-electron chi connectivity index (χ1n) is 7.87. The Morgan fingerprint density at radius 1 is 1.23 bits per heavy atom. The number of carbonyl (C=O) groups excluding carboxylic acids is 1. The Labute approximate surface area is 134 Å². The molecule has 0 aromatic heterocycles. The monoisotopic (exact) mass is 306 g/mol. The van der Waals surface area contributed by atoms with Gasteiger partial charge in [-0.2, -0.15) is 0 Å². The maximum absolute atomic E-state index is 11.6. The lowest BCUT2D eigenvalue weighted by molar-refractivity contribution is 0.0524. The highest BCUT2D eigenvalue weighted by Gasteiger charge is 2.16. The summed E-state index contributed by atoms with van der Waals surface area (Å²) in [5.41, 5.74) is 10.9. The molecule has 1 amide bonds. The van der Waals surface area contributed by atoms with Gasteiger partial charge in [0.25, 0.3) is 0 Å². The van der Waals surface area contributed by atoms with Crippen molar-refractivity contribution in [1.29, 1.82) is 0 Å². The lowest BCUT2D eigenvalue weighted by Gasteiger charge is -2.21. The van der Waals surface area contributed by atoms with E-state index < -0.39 is 11.7 Å². The second-order valence-electron chi connectivity index (χ2n) is 7.06. The molecule has 0 radical (unpaired) electrons. The molecule has 1 rings (SSSR count). The van der Waals surface area contributed by atoms with Crippen molar-refractivity contribution in [2.24, 2.45) is 5.73 Å². The second kappa shape index (κ2) is 7.63. The van der Waals surface area contributed by atoms with E-state index in [9.17, 15) is 4.79 Å². The van der Waals surface area contributed by atoms with Crippen molar-refractivity contribution in [2.45, 2.75) is 66.0 Å². The Balaban J connectivity index is 2.44. The third-order valence-corrected chi connectivity index (χ3v) is 3.51. The molecule has 1 aromatic carbocycles. The van der Waals surface area contributed by atoms with Crippen molar-refractivity contribution in [3.63, 3.8) is 0 Å². The fourth-order valence-electron chi connectivity index (χ4n) is 2.56. The van der Waals surface area contributed by atoms with Gasteiger partial charge in [-0.15, -0.1) is 0 Å². The molecule has 0 heterocycles. The predicted molar refractivity (Wildman–Crippen MR) is 91.2 cm³/mol. The molecule has 4 nitrogen and oxygen atoms in total. The van der Waals surface area contributed by atoms with Crippen molar-refractivity contribution in [3.8, 4) is 0 Å². The van der Waals surface area contributed by atoms with Gasteiger partial charge in [0.15, 0.2) is 0 Å². The Morgan fingerprint density at radius 3 is 2.27 bits per heavy atom. The molecule has 3 N–H and O–H groups in total. The molecular weight excluding hydrogens is 276 g/mol. The zero-order chi connectivity index (χ0) is 16.9. The first kappa shape index (κ1) is 18.5. The molecule has 0 saturated carbocycles. The highest BCUT2D eigenvalue weighted by atomic mass is 16.6. The summed E-state index contributed by atoms with van der Waals surface area (Å²) >= 11 is 0. The van der Waals surface area contributed by atoms with Crippen molar-refractivity contribution in [3.05, 3.63) is 34.4 Å². The average molecular weight is 306 g/mol. The molecule has 0 saturated heterocycles. The Hall–Kier alpha value is -1.55. The zero-order valence-electron chi connectivity index (χ0n) is 14.7. The van der Waals surface area contributed by atoms with E-state index in [4.69, 9.17) is 10.5 Å². The van der Waals surface area contributed by atoms with Crippen LogP contribution < -0.4 is 11.1 Å².